The van der Waals surface area contributed by atoms with Crippen molar-refractivity contribution in [3.05, 3.63) is 106 Å². The fourth-order valence-electron chi connectivity index (χ4n) is 3.24. The van der Waals surface area contributed by atoms with Crippen LogP contribution in [-0.4, -0.2) is 34.7 Å². The third kappa shape index (κ3) is 6.25. The summed E-state index contributed by atoms with van der Waals surface area (Å²) in [4.78, 5) is 29.5. The number of furan rings is 1. The van der Waals surface area contributed by atoms with Crippen LogP contribution < -0.4 is 0 Å². The Labute approximate surface area is 197 Å². The highest BCUT2D eigenvalue weighted by Crippen LogP contribution is 2.23. The van der Waals surface area contributed by atoms with Crippen molar-refractivity contribution in [3.8, 4) is 0 Å². The number of nitrogens with zero attached hydrogens (tertiary/aromatic N) is 2. The zero-order valence-corrected chi connectivity index (χ0v) is 19.3. The Morgan fingerprint density at radius 3 is 2.34 bits per heavy atom. The normalized spacial score (nSPS) is 10.6. The fourth-order valence-corrected chi connectivity index (χ4v) is 3.54. The lowest BCUT2D eigenvalue weighted by atomic mass is 10.2. The van der Waals surface area contributed by atoms with Crippen LogP contribution in [0.5, 0.6) is 0 Å². The highest BCUT2D eigenvalue weighted by atomic mass is 35.5. The molecule has 32 heavy (non-hydrogen) atoms. The van der Waals surface area contributed by atoms with Gasteiger partial charge in [0.15, 0.2) is 0 Å². The summed E-state index contributed by atoms with van der Waals surface area (Å²) < 4.78 is 5.68. The molecule has 3 rings (SSSR count). The van der Waals surface area contributed by atoms with Crippen molar-refractivity contribution in [1.29, 1.82) is 0 Å². The summed E-state index contributed by atoms with van der Waals surface area (Å²) in [5, 5.41) is 0.638. The second-order valence-electron chi connectivity index (χ2n) is 7.35. The first kappa shape index (κ1) is 23.6. The summed E-state index contributed by atoms with van der Waals surface area (Å²) >= 11 is 12.0. The summed E-state index contributed by atoms with van der Waals surface area (Å²) in [7, 11) is 0. The third-order valence-corrected chi connectivity index (χ3v) is 5.58. The molecule has 0 atom stereocenters. The molecule has 0 aliphatic heterocycles. The topological polar surface area (TPSA) is 53.8 Å². The molecule has 5 nitrogen and oxygen atoms in total. The average Bonchev–Trinajstić information content (AvgIpc) is 3.19. The zero-order chi connectivity index (χ0) is 23.1. The van der Waals surface area contributed by atoms with Crippen molar-refractivity contribution in [3.63, 3.8) is 0 Å². The van der Waals surface area contributed by atoms with Crippen LogP contribution in [-0.2, 0) is 17.9 Å². The van der Waals surface area contributed by atoms with E-state index in [9.17, 15) is 9.59 Å². The molecular weight excluding hydrogens is 447 g/mol. The predicted octanol–water partition coefficient (Wildman–Crippen LogP) is 5.75. The molecule has 7 heteroatoms. The van der Waals surface area contributed by atoms with Gasteiger partial charge in [-0.2, -0.15) is 0 Å². The number of amides is 2. The Bertz CT molecular complexity index is 1100. The molecule has 2 amide bonds. The van der Waals surface area contributed by atoms with Crippen molar-refractivity contribution in [2.24, 2.45) is 0 Å². The molecular formula is C25H24Cl2N2O3. The molecule has 0 aliphatic carbocycles. The van der Waals surface area contributed by atoms with E-state index in [4.69, 9.17) is 27.6 Å². The second-order valence-corrected chi connectivity index (χ2v) is 8.17. The number of aryl methyl sites for hydroxylation is 1. The molecule has 0 saturated heterocycles. The molecule has 0 radical (unpaired) electrons. The Morgan fingerprint density at radius 2 is 1.72 bits per heavy atom. The molecule has 0 N–H and O–H groups in total. The van der Waals surface area contributed by atoms with Crippen LogP contribution in [0.1, 0.15) is 27.4 Å². The van der Waals surface area contributed by atoms with Gasteiger partial charge in [0.05, 0.1) is 16.6 Å². The van der Waals surface area contributed by atoms with Crippen LogP contribution in [0.25, 0.3) is 0 Å². The van der Waals surface area contributed by atoms with E-state index in [1.807, 2.05) is 49.4 Å². The number of carbonyl (C=O) groups excluding carboxylic acids is 2. The summed E-state index contributed by atoms with van der Waals surface area (Å²) in [6.45, 7) is 6.36. The Kier molecular flexibility index (Phi) is 8.14. The van der Waals surface area contributed by atoms with Gasteiger partial charge in [0.1, 0.15) is 18.1 Å². The Balaban J connectivity index is 1.81. The van der Waals surface area contributed by atoms with Crippen LogP contribution in [0.4, 0.5) is 0 Å². The van der Waals surface area contributed by atoms with E-state index in [-0.39, 0.29) is 29.9 Å². The van der Waals surface area contributed by atoms with E-state index in [0.29, 0.717) is 29.4 Å². The lowest BCUT2D eigenvalue weighted by Crippen LogP contribution is -2.42. The van der Waals surface area contributed by atoms with Crippen LogP contribution in [0.3, 0.4) is 0 Å². The SMILES string of the molecule is C=CCN(CC(=O)N(Cc1ccccc1)Cc1ccc(C)o1)C(=O)c1ccc(Cl)c(Cl)c1. The van der Waals surface area contributed by atoms with Crippen molar-refractivity contribution >= 4 is 35.0 Å². The quantitative estimate of drug-likeness (QED) is 0.374. The first-order chi connectivity index (χ1) is 15.4. The second kappa shape index (κ2) is 11.0. The maximum atomic E-state index is 13.3. The van der Waals surface area contributed by atoms with Gasteiger partial charge in [-0.1, -0.05) is 59.6 Å². The van der Waals surface area contributed by atoms with Gasteiger partial charge in [-0.15, -0.1) is 6.58 Å². The molecule has 2 aromatic carbocycles. The van der Waals surface area contributed by atoms with Gasteiger partial charge in [-0.3, -0.25) is 9.59 Å². The molecule has 166 valence electrons. The predicted molar refractivity (Wildman–Crippen MR) is 127 cm³/mol. The number of hydrogen-bond donors (Lipinski definition) is 0. The first-order valence-corrected chi connectivity index (χ1v) is 10.8. The van der Waals surface area contributed by atoms with E-state index in [0.717, 1.165) is 11.3 Å². The molecule has 0 bridgehead atoms. The van der Waals surface area contributed by atoms with Crippen molar-refractivity contribution < 1.29 is 14.0 Å². The van der Waals surface area contributed by atoms with E-state index >= 15 is 0 Å². The van der Waals surface area contributed by atoms with Gasteiger partial charge in [-0.05, 0) is 42.8 Å². The molecule has 1 heterocycles. The largest absolute Gasteiger partial charge is 0.464 e. The number of carbonyl (C=O) groups is 2. The van der Waals surface area contributed by atoms with Gasteiger partial charge in [0.25, 0.3) is 5.91 Å². The van der Waals surface area contributed by atoms with Gasteiger partial charge >= 0.3 is 0 Å². The van der Waals surface area contributed by atoms with Crippen molar-refractivity contribution in [1.82, 2.24) is 9.80 Å². The number of halogens is 2. The van der Waals surface area contributed by atoms with Crippen molar-refractivity contribution in [2.75, 3.05) is 13.1 Å². The highest BCUT2D eigenvalue weighted by molar-refractivity contribution is 6.42. The molecule has 0 aliphatic rings. The summed E-state index contributed by atoms with van der Waals surface area (Å²) in [5.74, 6) is 0.913. The van der Waals surface area contributed by atoms with E-state index in [1.165, 1.54) is 11.0 Å². The van der Waals surface area contributed by atoms with E-state index < -0.39 is 0 Å². The van der Waals surface area contributed by atoms with E-state index in [2.05, 4.69) is 6.58 Å². The Hall–Kier alpha value is -3.02. The molecule has 0 spiro atoms. The standard InChI is InChI=1S/C25H24Cl2N2O3/c1-3-13-28(25(31)20-10-12-22(26)23(27)14-20)17-24(30)29(15-19-7-5-4-6-8-19)16-21-11-9-18(2)32-21/h3-12,14H,1,13,15-17H2,2H3. The summed E-state index contributed by atoms with van der Waals surface area (Å²) in [5.41, 5.74) is 1.33. The minimum Gasteiger partial charge on any atom is -0.464 e. The molecule has 0 fully saturated rings. The van der Waals surface area contributed by atoms with Crippen LogP contribution in [0, 0.1) is 6.92 Å². The lowest BCUT2D eigenvalue weighted by molar-refractivity contribution is -0.133. The van der Waals surface area contributed by atoms with Crippen LogP contribution >= 0.6 is 23.2 Å². The lowest BCUT2D eigenvalue weighted by Gasteiger charge is -2.27. The Morgan fingerprint density at radius 1 is 0.969 bits per heavy atom. The molecule has 1 aromatic heterocycles. The minimum absolute atomic E-state index is 0.113. The smallest absolute Gasteiger partial charge is 0.254 e. The van der Waals surface area contributed by atoms with Gasteiger partial charge in [0.2, 0.25) is 5.91 Å². The van der Waals surface area contributed by atoms with Gasteiger partial charge in [0, 0.05) is 18.7 Å². The maximum absolute atomic E-state index is 13.3. The van der Waals surface area contributed by atoms with Crippen molar-refractivity contribution in [2.45, 2.75) is 20.0 Å². The van der Waals surface area contributed by atoms with Crippen LogP contribution in [0.2, 0.25) is 10.0 Å². The maximum Gasteiger partial charge on any atom is 0.254 e. The molecule has 3 aromatic rings. The third-order valence-electron chi connectivity index (χ3n) is 4.84. The number of rotatable bonds is 9. The minimum atomic E-state index is -0.328. The number of benzene rings is 2. The summed E-state index contributed by atoms with van der Waals surface area (Å²) in [6, 6.07) is 18.0. The van der Waals surface area contributed by atoms with E-state index in [1.54, 1.807) is 23.1 Å². The summed E-state index contributed by atoms with van der Waals surface area (Å²) in [6.07, 6.45) is 1.58. The highest BCUT2D eigenvalue weighted by Gasteiger charge is 2.23. The zero-order valence-electron chi connectivity index (χ0n) is 17.8. The molecule has 0 saturated carbocycles. The first-order valence-electron chi connectivity index (χ1n) is 10.1. The van der Waals surface area contributed by atoms with Gasteiger partial charge < -0.3 is 14.2 Å². The number of hydrogen-bond acceptors (Lipinski definition) is 3. The monoisotopic (exact) mass is 470 g/mol. The fraction of sp³-hybridized carbons (Fsp3) is 0.200. The average molecular weight is 471 g/mol. The van der Waals surface area contributed by atoms with Gasteiger partial charge in [-0.25, -0.2) is 0 Å². The van der Waals surface area contributed by atoms with Crippen LogP contribution in [0.15, 0.2) is 77.7 Å². The molecule has 0 unspecified atom stereocenters.